The van der Waals surface area contributed by atoms with Crippen LogP contribution in [0.25, 0.3) is 0 Å². The molecule has 1 amide bonds. The van der Waals surface area contributed by atoms with E-state index in [1.165, 1.54) is 6.42 Å². The number of carbonyl (C=O) groups excluding carboxylic acids is 1. The molecule has 1 aromatic rings. The Morgan fingerprint density at radius 3 is 2.89 bits per heavy atom. The molecular weight excluding hydrogens is 224 g/mol. The van der Waals surface area contributed by atoms with Gasteiger partial charge in [0.15, 0.2) is 0 Å². The van der Waals surface area contributed by atoms with Gasteiger partial charge in [-0.25, -0.2) is 0 Å². The van der Waals surface area contributed by atoms with Crippen molar-refractivity contribution in [3.05, 3.63) is 35.9 Å². The predicted octanol–water partition coefficient (Wildman–Crippen LogP) is 2.25. The van der Waals surface area contributed by atoms with E-state index in [-0.39, 0.29) is 11.9 Å². The molecule has 1 aromatic carbocycles. The summed E-state index contributed by atoms with van der Waals surface area (Å²) in [5.41, 5.74) is 1.16. The average molecular weight is 246 g/mol. The maximum absolute atomic E-state index is 11.9. The average Bonchev–Trinajstić information content (AvgIpc) is 2.90. The normalized spacial score (nSPS) is 20.6. The molecule has 98 valence electrons. The van der Waals surface area contributed by atoms with Crippen LogP contribution in [-0.2, 0) is 4.79 Å². The fourth-order valence-corrected chi connectivity index (χ4v) is 2.43. The quantitative estimate of drug-likeness (QED) is 0.836. The van der Waals surface area contributed by atoms with E-state index in [0.717, 1.165) is 25.1 Å². The number of rotatable bonds is 5. The second-order valence-corrected chi connectivity index (χ2v) is 5.10. The zero-order valence-corrected chi connectivity index (χ0v) is 11.0. The highest BCUT2D eigenvalue weighted by atomic mass is 16.1. The highest BCUT2D eigenvalue weighted by molar-refractivity contribution is 5.76. The first-order valence-electron chi connectivity index (χ1n) is 6.80. The molecule has 1 fully saturated rings. The van der Waals surface area contributed by atoms with Crippen LogP contribution in [0.2, 0.25) is 0 Å². The van der Waals surface area contributed by atoms with E-state index < -0.39 is 0 Å². The molecule has 1 aliphatic rings. The fourth-order valence-electron chi connectivity index (χ4n) is 2.43. The lowest BCUT2D eigenvalue weighted by molar-refractivity contribution is -0.122. The molecule has 3 nitrogen and oxygen atoms in total. The van der Waals surface area contributed by atoms with E-state index >= 15 is 0 Å². The third-order valence-corrected chi connectivity index (χ3v) is 3.62. The first-order chi connectivity index (χ1) is 8.75. The second-order valence-electron chi connectivity index (χ2n) is 5.10. The standard InChI is InChI=1S/C15H22N2O/c1-12(14-5-3-2-4-6-14)17-15(18)8-7-13-9-10-16-11-13/h2-6,12-13,16H,7-11H2,1H3,(H,17,18)/t12-,13?/m0/s1. The van der Waals surface area contributed by atoms with Gasteiger partial charge in [-0.2, -0.15) is 0 Å². The number of nitrogens with one attached hydrogen (secondary N) is 2. The third kappa shape index (κ3) is 3.84. The van der Waals surface area contributed by atoms with Crippen molar-refractivity contribution >= 4 is 5.91 Å². The molecular formula is C15H22N2O. The Hall–Kier alpha value is -1.35. The Labute approximate surface area is 109 Å². The summed E-state index contributed by atoms with van der Waals surface area (Å²) in [6.45, 7) is 4.21. The van der Waals surface area contributed by atoms with Crippen LogP contribution in [0.5, 0.6) is 0 Å². The summed E-state index contributed by atoms with van der Waals surface area (Å²) in [5, 5.41) is 6.39. The van der Waals surface area contributed by atoms with Gasteiger partial charge in [0.2, 0.25) is 5.91 Å². The SMILES string of the molecule is C[C@H](NC(=O)CCC1CCNC1)c1ccccc1. The second kappa shape index (κ2) is 6.55. The Bertz CT molecular complexity index is 371. The smallest absolute Gasteiger partial charge is 0.220 e. The largest absolute Gasteiger partial charge is 0.350 e. The number of hydrogen-bond donors (Lipinski definition) is 2. The van der Waals surface area contributed by atoms with E-state index in [2.05, 4.69) is 10.6 Å². The summed E-state index contributed by atoms with van der Waals surface area (Å²) in [7, 11) is 0. The van der Waals surface area contributed by atoms with Crippen molar-refractivity contribution in [2.75, 3.05) is 13.1 Å². The molecule has 0 spiro atoms. The molecule has 3 heteroatoms. The van der Waals surface area contributed by atoms with E-state index in [0.29, 0.717) is 12.3 Å². The summed E-state index contributed by atoms with van der Waals surface area (Å²) in [5.74, 6) is 0.848. The third-order valence-electron chi connectivity index (χ3n) is 3.62. The molecule has 0 aliphatic carbocycles. The Morgan fingerprint density at radius 1 is 1.44 bits per heavy atom. The van der Waals surface area contributed by atoms with Crippen LogP contribution in [0.15, 0.2) is 30.3 Å². The molecule has 1 aliphatic heterocycles. The predicted molar refractivity (Wildman–Crippen MR) is 73.2 cm³/mol. The summed E-state index contributed by atoms with van der Waals surface area (Å²) in [6.07, 6.45) is 2.85. The molecule has 2 N–H and O–H groups in total. The van der Waals surface area contributed by atoms with Crippen LogP contribution in [0.1, 0.15) is 37.8 Å². The van der Waals surface area contributed by atoms with Gasteiger partial charge >= 0.3 is 0 Å². The Morgan fingerprint density at radius 2 is 2.22 bits per heavy atom. The van der Waals surface area contributed by atoms with Gasteiger partial charge < -0.3 is 10.6 Å². The maximum atomic E-state index is 11.9. The molecule has 1 saturated heterocycles. The number of carbonyl (C=O) groups is 1. The summed E-state index contributed by atoms with van der Waals surface area (Å²) >= 11 is 0. The number of hydrogen-bond acceptors (Lipinski definition) is 2. The first kappa shape index (κ1) is 13.1. The summed E-state index contributed by atoms with van der Waals surface area (Å²) in [6, 6.07) is 10.2. The lowest BCUT2D eigenvalue weighted by Crippen LogP contribution is -2.27. The topological polar surface area (TPSA) is 41.1 Å². The van der Waals surface area contributed by atoms with Gasteiger partial charge in [-0.3, -0.25) is 4.79 Å². The zero-order valence-electron chi connectivity index (χ0n) is 11.0. The van der Waals surface area contributed by atoms with Gasteiger partial charge in [0.05, 0.1) is 6.04 Å². The molecule has 1 unspecified atom stereocenters. The van der Waals surface area contributed by atoms with E-state index in [1.807, 2.05) is 37.3 Å². The zero-order chi connectivity index (χ0) is 12.8. The van der Waals surface area contributed by atoms with Gasteiger partial charge in [0, 0.05) is 6.42 Å². The molecule has 0 aromatic heterocycles. The van der Waals surface area contributed by atoms with E-state index in [9.17, 15) is 4.79 Å². The Kier molecular flexibility index (Phi) is 4.76. The number of amides is 1. The summed E-state index contributed by atoms with van der Waals surface area (Å²) < 4.78 is 0. The minimum Gasteiger partial charge on any atom is -0.350 e. The van der Waals surface area contributed by atoms with Crippen molar-refractivity contribution in [3.63, 3.8) is 0 Å². The Balaban J connectivity index is 1.73. The lowest BCUT2D eigenvalue weighted by atomic mass is 10.0. The van der Waals surface area contributed by atoms with Crippen molar-refractivity contribution in [2.24, 2.45) is 5.92 Å². The van der Waals surface area contributed by atoms with Crippen molar-refractivity contribution in [2.45, 2.75) is 32.2 Å². The minimum absolute atomic E-state index is 0.0976. The highest BCUT2D eigenvalue weighted by Gasteiger charge is 2.16. The molecule has 0 radical (unpaired) electrons. The first-order valence-corrected chi connectivity index (χ1v) is 6.80. The summed E-state index contributed by atoms with van der Waals surface area (Å²) in [4.78, 5) is 11.9. The van der Waals surface area contributed by atoms with Crippen LogP contribution in [-0.4, -0.2) is 19.0 Å². The molecule has 2 atom stereocenters. The van der Waals surface area contributed by atoms with Crippen LogP contribution in [0.3, 0.4) is 0 Å². The van der Waals surface area contributed by atoms with Crippen molar-refractivity contribution in [1.82, 2.24) is 10.6 Å². The lowest BCUT2D eigenvalue weighted by Gasteiger charge is -2.15. The van der Waals surface area contributed by atoms with Crippen LogP contribution < -0.4 is 10.6 Å². The van der Waals surface area contributed by atoms with E-state index in [4.69, 9.17) is 0 Å². The monoisotopic (exact) mass is 246 g/mol. The molecule has 2 rings (SSSR count). The van der Waals surface area contributed by atoms with Crippen molar-refractivity contribution in [3.8, 4) is 0 Å². The number of benzene rings is 1. The molecule has 1 heterocycles. The van der Waals surface area contributed by atoms with Gasteiger partial charge in [0.1, 0.15) is 0 Å². The van der Waals surface area contributed by atoms with Crippen molar-refractivity contribution < 1.29 is 4.79 Å². The highest BCUT2D eigenvalue weighted by Crippen LogP contribution is 2.15. The van der Waals surface area contributed by atoms with Crippen LogP contribution in [0, 0.1) is 5.92 Å². The minimum atomic E-state index is 0.0976. The fraction of sp³-hybridized carbons (Fsp3) is 0.533. The van der Waals surface area contributed by atoms with Crippen LogP contribution in [0.4, 0.5) is 0 Å². The van der Waals surface area contributed by atoms with Gasteiger partial charge in [-0.15, -0.1) is 0 Å². The van der Waals surface area contributed by atoms with Crippen molar-refractivity contribution in [1.29, 1.82) is 0 Å². The van der Waals surface area contributed by atoms with Gasteiger partial charge in [-0.1, -0.05) is 30.3 Å². The molecule has 18 heavy (non-hydrogen) atoms. The van der Waals surface area contributed by atoms with Crippen LogP contribution >= 0.6 is 0 Å². The molecule has 0 bridgehead atoms. The van der Waals surface area contributed by atoms with Gasteiger partial charge in [-0.05, 0) is 44.3 Å². The molecule has 0 saturated carbocycles. The van der Waals surface area contributed by atoms with E-state index in [1.54, 1.807) is 0 Å². The maximum Gasteiger partial charge on any atom is 0.220 e. The van der Waals surface area contributed by atoms with Gasteiger partial charge in [0.25, 0.3) is 0 Å².